The molecular weight excluding hydrogens is 440 g/mol. The number of aliphatic hydroxyl groups is 1. The molecule has 1 aromatic rings. The Bertz CT molecular complexity index is 958. The van der Waals surface area contributed by atoms with Crippen LogP contribution in [-0.4, -0.2) is 88.0 Å². The van der Waals surface area contributed by atoms with Crippen LogP contribution in [0.5, 0.6) is 0 Å². The maximum Gasteiger partial charge on any atom is 0.339 e. The molecule has 0 aliphatic carbocycles. The summed E-state index contributed by atoms with van der Waals surface area (Å²) in [6.07, 6.45) is 0.554. The minimum atomic E-state index is -4.13. The van der Waals surface area contributed by atoms with Crippen molar-refractivity contribution in [2.45, 2.75) is 56.7 Å². The molecule has 2 aliphatic heterocycles. The number of aryl methyl sites for hydroxylation is 2. The largest absolute Gasteiger partial charge is 0.479 e. The Morgan fingerprint density at radius 3 is 2.31 bits per heavy atom. The standard InChI is InChI=1S/C20H30N4O7S/c1-13-9-15(10-14(2)22-13)11-31-16-3-7-24(8-4-16)32(29,30)17-5-6-23(19(21)27)12-20(17,28)18(25)26/h9-10,16-17,28H,3-8,11-12H2,1-2H3,(H2,21,27)(H,25,26). The summed E-state index contributed by atoms with van der Waals surface area (Å²) in [5.74, 6) is -1.70. The van der Waals surface area contributed by atoms with Crippen LogP contribution in [0.4, 0.5) is 4.79 Å². The summed E-state index contributed by atoms with van der Waals surface area (Å²) in [6.45, 7) is 3.81. The van der Waals surface area contributed by atoms with Gasteiger partial charge in [0.2, 0.25) is 10.0 Å². The van der Waals surface area contributed by atoms with E-state index in [2.05, 4.69) is 4.98 Å². The number of hydrogen-bond donors (Lipinski definition) is 3. The fourth-order valence-corrected chi connectivity index (χ4v) is 6.58. The van der Waals surface area contributed by atoms with E-state index in [9.17, 15) is 28.2 Å². The van der Waals surface area contributed by atoms with Gasteiger partial charge in [0, 0.05) is 31.0 Å². The molecule has 2 amide bonds. The fraction of sp³-hybridized carbons (Fsp3) is 0.650. The monoisotopic (exact) mass is 470 g/mol. The van der Waals surface area contributed by atoms with E-state index in [0.29, 0.717) is 19.4 Å². The number of ether oxygens (including phenoxy) is 1. The Kier molecular flexibility index (Phi) is 7.08. The first-order valence-corrected chi connectivity index (χ1v) is 12.0. The number of carboxylic acids is 1. The lowest BCUT2D eigenvalue weighted by Crippen LogP contribution is -2.67. The number of rotatable bonds is 6. The molecule has 11 nitrogen and oxygen atoms in total. The van der Waals surface area contributed by atoms with Crippen LogP contribution in [0.3, 0.4) is 0 Å². The Balaban J connectivity index is 1.63. The van der Waals surface area contributed by atoms with E-state index >= 15 is 0 Å². The highest BCUT2D eigenvalue weighted by atomic mass is 32.2. The summed E-state index contributed by atoms with van der Waals surface area (Å²) >= 11 is 0. The van der Waals surface area contributed by atoms with Crippen molar-refractivity contribution in [3.63, 3.8) is 0 Å². The lowest BCUT2D eigenvalue weighted by molar-refractivity contribution is -0.162. The molecule has 2 unspecified atom stereocenters. The molecule has 178 valence electrons. The number of nitrogens with two attached hydrogens (primary N) is 1. The van der Waals surface area contributed by atoms with Gasteiger partial charge in [0.1, 0.15) is 5.25 Å². The van der Waals surface area contributed by atoms with Crippen molar-refractivity contribution in [1.82, 2.24) is 14.2 Å². The minimum Gasteiger partial charge on any atom is -0.479 e. The van der Waals surface area contributed by atoms with Crippen LogP contribution >= 0.6 is 0 Å². The van der Waals surface area contributed by atoms with Gasteiger partial charge < -0.3 is 25.6 Å². The summed E-state index contributed by atoms with van der Waals surface area (Å²) in [5.41, 5.74) is 5.36. The second-order valence-corrected chi connectivity index (χ2v) is 10.6. The van der Waals surface area contributed by atoms with E-state index in [1.165, 1.54) is 4.31 Å². The highest BCUT2D eigenvalue weighted by molar-refractivity contribution is 7.89. The van der Waals surface area contributed by atoms with Gasteiger partial charge in [-0.3, -0.25) is 4.98 Å². The lowest BCUT2D eigenvalue weighted by atomic mass is 9.92. The third-order valence-corrected chi connectivity index (χ3v) is 8.48. The Morgan fingerprint density at radius 2 is 1.78 bits per heavy atom. The molecule has 2 fully saturated rings. The molecular formula is C20H30N4O7S. The van der Waals surface area contributed by atoms with Crippen molar-refractivity contribution in [3.8, 4) is 0 Å². The SMILES string of the molecule is Cc1cc(COC2CCN(S(=O)(=O)C3CCN(C(N)=O)CC3(O)C(=O)O)CC2)cc(C)n1. The average molecular weight is 471 g/mol. The van der Waals surface area contributed by atoms with Crippen molar-refractivity contribution < 1.29 is 33.0 Å². The van der Waals surface area contributed by atoms with Crippen LogP contribution < -0.4 is 5.73 Å². The molecule has 2 aliphatic rings. The summed E-state index contributed by atoms with van der Waals surface area (Å²) in [5, 5.41) is 18.7. The number of piperidine rings is 2. The third-order valence-electron chi connectivity index (χ3n) is 6.06. The molecule has 0 spiro atoms. The number of carboxylic acid groups (broad SMARTS) is 1. The smallest absolute Gasteiger partial charge is 0.339 e. The average Bonchev–Trinajstić information content (AvgIpc) is 2.71. The zero-order valence-corrected chi connectivity index (χ0v) is 19.0. The van der Waals surface area contributed by atoms with Crippen molar-refractivity contribution in [3.05, 3.63) is 29.1 Å². The number of sulfonamides is 1. The van der Waals surface area contributed by atoms with Gasteiger partial charge in [-0.2, -0.15) is 0 Å². The van der Waals surface area contributed by atoms with E-state index in [0.717, 1.165) is 21.9 Å². The van der Waals surface area contributed by atoms with E-state index in [1.54, 1.807) is 0 Å². The summed E-state index contributed by atoms with van der Waals surface area (Å²) in [4.78, 5) is 28.5. The second kappa shape index (κ2) is 9.30. The molecule has 2 saturated heterocycles. The third kappa shape index (κ3) is 5.03. The van der Waals surface area contributed by atoms with E-state index in [-0.39, 0.29) is 32.2 Å². The van der Waals surface area contributed by atoms with Crippen LogP contribution in [-0.2, 0) is 26.2 Å². The molecule has 0 aromatic carbocycles. The second-order valence-electron chi connectivity index (χ2n) is 8.48. The Labute approximate surface area is 187 Å². The first-order chi connectivity index (χ1) is 14.9. The number of likely N-dealkylation sites (tertiary alicyclic amines) is 1. The topological polar surface area (TPSA) is 163 Å². The number of aliphatic carboxylic acids is 1. The van der Waals surface area contributed by atoms with Gasteiger partial charge in [-0.15, -0.1) is 0 Å². The first-order valence-electron chi connectivity index (χ1n) is 10.5. The molecule has 12 heteroatoms. The number of pyridine rings is 1. The normalized spacial score (nSPS) is 25.6. The quantitative estimate of drug-likeness (QED) is 0.522. The molecule has 0 saturated carbocycles. The zero-order valence-electron chi connectivity index (χ0n) is 18.2. The fourth-order valence-electron chi connectivity index (χ4n) is 4.42. The van der Waals surface area contributed by atoms with E-state index < -0.39 is 39.4 Å². The lowest BCUT2D eigenvalue weighted by Gasteiger charge is -2.43. The summed E-state index contributed by atoms with van der Waals surface area (Å²) in [6, 6.07) is 2.98. The van der Waals surface area contributed by atoms with Gasteiger partial charge in [-0.1, -0.05) is 0 Å². The number of carbonyl (C=O) groups is 2. The maximum atomic E-state index is 13.2. The number of carbonyl (C=O) groups excluding carboxylic acids is 1. The molecule has 0 bridgehead atoms. The van der Waals surface area contributed by atoms with Gasteiger partial charge in [-0.05, 0) is 50.8 Å². The molecule has 32 heavy (non-hydrogen) atoms. The summed E-state index contributed by atoms with van der Waals surface area (Å²) < 4.78 is 33.6. The van der Waals surface area contributed by atoms with Gasteiger partial charge in [-0.25, -0.2) is 22.3 Å². The van der Waals surface area contributed by atoms with Gasteiger partial charge in [0.25, 0.3) is 0 Å². The van der Waals surface area contributed by atoms with Crippen LogP contribution in [0.15, 0.2) is 12.1 Å². The number of nitrogens with zero attached hydrogens (tertiary/aromatic N) is 3. The van der Waals surface area contributed by atoms with Crippen molar-refractivity contribution in [1.29, 1.82) is 0 Å². The van der Waals surface area contributed by atoms with Crippen LogP contribution in [0.2, 0.25) is 0 Å². The Morgan fingerprint density at radius 1 is 1.19 bits per heavy atom. The highest BCUT2D eigenvalue weighted by Gasteiger charge is 2.56. The molecule has 4 N–H and O–H groups in total. The minimum absolute atomic E-state index is 0.0425. The van der Waals surface area contributed by atoms with Gasteiger partial charge >= 0.3 is 12.0 Å². The number of amides is 2. The number of aromatic nitrogens is 1. The summed E-state index contributed by atoms with van der Waals surface area (Å²) in [7, 11) is -4.13. The van der Waals surface area contributed by atoms with Gasteiger partial charge in [0.15, 0.2) is 5.60 Å². The number of urea groups is 1. The molecule has 0 radical (unpaired) electrons. The van der Waals surface area contributed by atoms with Gasteiger partial charge in [0.05, 0.1) is 19.3 Å². The van der Waals surface area contributed by atoms with Crippen molar-refractivity contribution in [2.75, 3.05) is 26.2 Å². The van der Waals surface area contributed by atoms with E-state index in [1.807, 2.05) is 26.0 Å². The maximum absolute atomic E-state index is 13.2. The zero-order chi connectivity index (χ0) is 23.7. The highest BCUT2D eigenvalue weighted by Crippen LogP contribution is 2.32. The Hall–Kier alpha value is -2.28. The number of β-amino-alcohol motifs (C(OH)–C–C–N with tert-alkyl or cyclic N) is 1. The van der Waals surface area contributed by atoms with E-state index in [4.69, 9.17) is 10.5 Å². The predicted octanol–water partition coefficient (Wildman–Crippen LogP) is -0.0221. The van der Waals surface area contributed by atoms with Crippen molar-refractivity contribution in [2.24, 2.45) is 5.73 Å². The molecule has 3 heterocycles. The molecule has 1 aromatic heterocycles. The molecule has 2 atom stereocenters. The molecule has 3 rings (SSSR count). The number of primary amides is 1. The van der Waals surface area contributed by atoms with Crippen molar-refractivity contribution >= 4 is 22.0 Å². The predicted molar refractivity (Wildman–Crippen MR) is 114 cm³/mol. The van der Waals surface area contributed by atoms with Crippen LogP contribution in [0.25, 0.3) is 0 Å². The first kappa shape index (κ1) is 24.4. The number of hydrogen-bond acceptors (Lipinski definition) is 7. The van der Waals surface area contributed by atoms with Crippen LogP contribution in [0, 0.1) is 13.8 Å². The van der Waals surface area contributed by atoms with Crippen LogP contribution in [0.1, 0.15) is 36.2 Å².